The second-order valence-electron chi connectivity index (χ2n) is 5.10. The number of nitrogens with one attached hydrogen (secondary N) is 1. The van der Waals surface area contributed by atoms with Crippen LogP contribution in [0.2, 0.25) is 0 Å². The van der Waals surface area contributed by atoms with E-state index in [9.17, 15) is 0 Å². The van der Waals surface area contributed by atoms with Gasteiger partial charge in [-0.2, -0.15) is 0 Å². The smallest absolute Gasteiger partial charge is 0.131 e. The van der Waals surface area contributed by atoms with E-state index in [4.69, 9.17) is 10.5 Å². The molecule has 0 heterocycles. The summed E-state index contributed by atoms with van der Waals surface area (Å²) in [6, 6.07) is 15.8. The number of ether oxygens (including phenoxy) is 1. The van der Waals surface area contributed by atoms with Crippen LogP contribution in [-0.4, -0.2) is 13.2 Å². The van der Waals surface area contributed by atoms with E-state index in [1.54, 1.807) is 0 Å². The second-order valence-corrected chi connectivity index (χ2v) is 5.10. The molecule has 2 atom stereocenters. The van der Waals surface area contributed by atoms with E-state index in [0.29, 0.717) is 11.4 Å². The van der Waals surface area contributed by atoms with Crippen molar-refractivity contribution >= 4 is 17.1 Å². The molecule has 0 radical (unpaired) electrons. The highest BCUT2D eigenvalue weighted by Crippen LogP contribution is 2.35. The monoisotopic (exact) mass is 285 g/mol. The summed E-state index contributed by atoms with van der Waals surface area (Å²) in [4.78, 5) is 0. The number of quaternary nitrogens is 1. The largest absolute Gasteiger partial charge is 0.490 e. The molecule has 112 valence electrons. The molecule has 0 saturated heterocycles. The summed E-state index contributed by atoms with van der Waals surface area (Å²) >= 11 is 0. The molecule has 0 aromatic heterocycles. The first-order valence-corrected chi connectivity index (χ1v) is 7.27. The van der Waals surface area contributed by atoms with Gasteiger partial charge in [-0.3, -0.25) is 0 Å². The van der Waals surface area contributed by atoms with Crippen molar-refractivity contribution in [2.24, 2.45) is 0 Å². The van der Waals surface area contributed by atoms with Gasteiger partial charge < -0.3 is 20.9 Å². The van der Waals surface area contributed by atoms with Crippen LogP contribution in [0.25, 0.3) is 5.43 Å². The SMILES string of the molecule is CCC(C)Oc1c(N)cccc1[N-][NH+](C)c1ccccc1. The number of rotatable bonds is 6. The topological polar surface area (TPSA) is 53.8 Å². The van der Waals surface area contributed by atoms with Crippen LogP contribution in [0.5, 0.6) is 5.75 Å². The van der Waals surface area contributed by atoms with E-state index in [-0.39, 0.29) is 6.10 Å². The molecule has 0 amide bonds. The maximum Gasteiger partial charge on any atom is 0.131 e. The zero-order valence-electron chi connectivity index (χ0n) is 12.8. The molecular weight excluding hydrogens is 262 g/mol. The molecule has 2 rings (SSSR count). The normalized spacial score (nSPS) is 13.5. The molecule has 0 saturated carbocycles. The van der Waals surface area contributed by atoms with Gasteiger partial charge in [-0.25, -0.2) is 0 Å². The van der Waals surface area contributed by atoms with E-state index in [0.717, 1.165) is 22.8 Å². The average Bonchev–Trinajstić information content (AvgIpc) is 2.51. The van der Waals surface area contributed by atoms with Crippen LogP contribution in [0.3, 0.4) is 0 Å². The van der Waals surface area contributed by atoms with Crippen molar-refractivity contribution in [1.29, 1.82) is 0 Å². The molecular formula is C17H23N3O. The minimum Gasteiger partial charge on any atom is -0.490 e. The second kappa shape index (κ2) is 6.99. The number of hydrogen-bond acceptors (Lipinski definition) is 2. The zero-order chi connectivity index (χ0) is 15.2. The predicted octanol–water partition coefficient (Wildman–Crippen LogP) is 3.21. The van der Waals surface area contributed by atoms with Gasteiger partial charge in [0.05, 0.1) is 18.8 Å². The lowest BCUT2D eigenvalue weighted by molar-refractivity contribution is -0.763. The van der Waals surface area contributed by atoms with Crippen LogP contribution < -0.4 is 15.5 Å². The Morgan fingerprint density at radius 3 is 2.52 bits per heavy atom. The lowest BCUT2D eigenvalue weighted by atomic mass is 10.2. The maximum atomic E-state index is 6.04. The Hall–Kier alpha value is -2.20. The van der Waals surface area contributed by atoms with Gasteiger partial charge in [-0.1, -0.05) is 42.9 Å². The number of hydrogen-bond donors (Lipinski definition) is 2. The molecule has 0 aliphatic rings. The number of nitrogen functional groups attached to an aromatic ring is 1. The van der Waals surface area contributed by atoms with Gasteiger partial charge in [0, 0.05) is 0 Å². The summed E-state index contributed by atoms with van der Waals surface area (Å²) in [5.41, 5.74) is 13.2. The van der Waals surface area contributed by atoms with E-state index in [2.05, 4.69) is 12.3 Å². The van der Waals surface area contributed by atoms with Crippen LogP contribution in [0, 0.1) is 0 Å². The van der Waals surface area contributed by atoms with Crippen molar-refractivity contribution in [1.82, 2.24) is 0 Å². The molecule has 2 aromatic carbocycles. The fourth-order valence-electron chi connectivity index (χ4n) is 1.97. The highest BCUT2D eigenvalue weighted by Gasteiger charge is 2.08. The van der Waals surface area contributed by atoms with Gasteiger partial charge in [0.1, 0.15) is 11.4 Å². The van der Waals surface area contributed by atoms with E-state index >= 15 is 0 Å². The minimum atomic E-state index is 0.112. The summed E-state index contributed by atoms with van der Waals surface area (Å²) in [5, 5.41) is 0.940. The van der Waals surface area contributed by atoms with Crippen LogP contribution in [-0.2, 0) is 0 Å². The first kappa shape index (κ1) is 15.2. The standard InChI is InChI=1S/C17H23N3O/c1-4-13(2)21-17-15(18)11-8-12-16(17)19-20(3)14-9-6-5-7-10-14/h5-13,20H,4,18H2,1-3H3. The molecule has 4 heteroatoms. The van der Waals surface area contributed by atoms with Crippen molar-refractivity contribution in [2.75, 3.05) is 12.8 Å². The lowest BCUT2D eigenvalue weighted by Crippen LogP contribution is -2.98. The molecule has 3 N–H and O–H groups in total. The van der Waals surface area contributed by atoms with Crippen LogP contribution in [0.1, 0.15) is 20.3 Å². The minimum absolute atomic E-state index is 0.112. The summed E-state index contributed by atoms with van der Waals surface area (Å²) in [6.45, 7) is 4.12. The van der Waals surface area contributed by atoms with Gasteiger partial charge in [0.25, 0.3) is 0 Å². The Morgan fingerprint density at radius 2 is 1.86 bits per heavy atom. The number of anilines is 1. The molecule has 0 spiro atoms. The third-order valence-corrected chi connectivity index (χ3v) is 3.40. The summed E-state index contributed by atoms with van der Waals surface area (Å²) in [7, 11) is 1.99. The summed E-state index contributed by atoms with van der Waals surface area (Å²) < 4.78 is 5.93. The van der Waals surface area contributed by atoms with Gasteiger partial charge in [-0.15, -0.1) is 0 Å². The Kier molecular flexibility index (Phi) is 5.06. The van der Waals surface area contributed by atoms with Gasteiger partial charge in [0.15, 0.2) is 0 Å². The van der Waals surface area contributed by atoms with Crippen molar-refractivity contribution in [3.8, 4) is 5.75 Å². The number of nitrogens with two attached hydrogens (primary N) is 1. The van der Waals surface area contributed by atoms with Crippen molar-refractivity contribution in [2.45, 2.75) is 26.4 Å². The van der Waals surface area contributed by atoms with E-state index in [1.165, 1.54) is 0 Å². The van der Waals surface area contributed by atoms with Crippen molar-refractivity contribution in [3.05, 3.63) is 54.0 Å². The molecule has 0 aliphatic carbocycles. The summed E-state index contributed by atoms with van der Waals surface area (Å²) in [6.07, 6.45) is 1.04. The van der Waals surface area contributed by atoms with E-state index < -0.39 is 0 Å². The molecule has 2 unspecified atom stereocenters. The molecule has 4 nitrogen and oxygen atoms in total. The third kappa shape index (κ3) is 3.89. The third-order valence-electron chi connectivity index (χ3n) is 3.40. The fraction of sp³-hybridized carbons (Fsp3) is 0.294. The lowest BCUT2D eigenvalue weighted by Gasteiger charge is -2.31. The number of para-hydroxylation sites is 2. The van der Waals surface area contributed by atoms with Crippen molar-refractivity contribution in [3.63, 3.8) is 0 Å². The van der Waals surface area contributed by atoms with Gasteiger partial charge in [-0.05, 0) is 31.5 Å². The fourth-order valence-corrected chi connectivity index (χ4v) is 1.97. The first-order valence-electron chi connectivity index (χ1n) is 7.27. The average molecular weight is 285 g/mol. The Labute approximate surface area is 126 Å². The molecule has 21 heavy (non-hydrogen) atoms. The number of nitrogens with zero attached hydrogens (tertiary/aromatic N) is 1. The number of benzene rings is 2. The molecule has 2 aromatic rings. The molecule has 0 aliphatic heterocycles. The Morgan fingerprint density at radius 1 is 1.14 bits per heavy atom. The first-order chi connectivity index (χ1) is 10.1. The van der Waals surface area contributed by atoms with Gasteiger partial charge in [0.2, 0.25) is 0 Å². The van der Waals surface area contributed by atoms with Crippen LogP contribution in [0.4, 0.5) is 17.1 Å². The Bertz CT molecular complexity index is 572. The summed E-state index contributed by atoms with van der Waals surface area (Å²) in [5.74, 6) is 0.669. The molecule has 0 fully saturated rings. The predicted molar refractivity (Wildman–Crippen MR) is 87.2 cm³/mol. The zero-order valence-corrected chi connectivity index (χ0v) is 12.8. The highest BCUT2D eigenvalue weighted by atomic mass is 16.5. The Balaban J connectivity index is 2.21. The molecule has 0 bridgehead atoms. The quantitative estimate of drug-likeness (QED) is 0.632. The van der Waals surface area contributed by atoms with Gasteiger partial charge >= 0.3 is 0 Å². The van der Waals surface area contributed by atoms with Crippen molar-refractivity contribution < 1.29 is 9.75 Å². The highest BCUT2D eigenvalue weighted by molar-refractivity contribution is 5.70. The maximum absolute atomic E-state index is 6.04. The van der Waals surface area contributed by atoms with Crippen LogP contribution in [0.15, 0.2) is 48.5 Å². The van der Waals surface area contributed by atoms with Crippen LogP contribution >= 0.6 is 0 Å². The van der Waals surface area contributed by atoms with E-state index in [1.807, 2.05) is 62.5 Å².